The highest BCUT2D eigenvalue weighted by atomic mass is 32.2. The summed E-state index contributed by atoms with van der Waals surface area (Å²) in [5, 5.41) is 0. The number of hydrogen-bond acceptors (Lipinski definition) is 5. The Bertz CT molecular complexity index is 838. The zero-order valence-electron chi connectivity index (χ0n) is 16.7. The molecule has 1 atom stereocenters. The molecule has 2 saturated heterocycles. The molecule has 1 aromatic rings. The molecule has 1 saturated carbocycles. The summed E-state index contributed by atoms with van der Waals surface area (Å²) >= 11 is 0. The first kappa shape index (κ1) is 20.5. The molecule has 0 radical (unpaired) electrons. The van der Waals surface area contributed by atoms with Gasteiger partial charge in [0.2, 0.25) is 21.8 Å². The van der Waals surface area contributed by atoms with Gasteiger partial charge in [-0.25, -0.2) is 8.42 Å². The SMILES string of the molecule is O=C1CCCC(=O)N1CCS(=O)(=O)N1CCN(C2CC2)CC1Cc1ccccc1. The second kappa shape index (κ2) is 8.53. The molecule has 2 aliphatic heterocycles. The summed E-state index contributed by atoms with van der Waals surface area (Å²) < 4.78 is 28.0. The molecular weight excluding hydrogens is 390 g/mol. The Kier molecular flexibility index (Phi) is 6.03. The van der Waals surface area contributed by atoms with Crippen molar-refractivity contribution in [2.75, 3.05) is 31.9 Å². The lowest BCUT2D eigenvalue weighted by atomic mass is 10.0. The minimum absolute atomic E-state index is 0.0408. The van der Waals surface area contributed by atoms with Crippen molar-refractivity contribution in [3.8, 4) is 0 Å². The zero-order chi connectivity index (χ0) is 20.4. The third kappa shape index (κ3) is 4.87. The number of piperidine rings is 1. The number of amides is 2. The van der Waals surface area contributed by atoms with Crippen LogP contribution in [0.3, 0.4) is 0 Å². The summed E-state index contributed by atoms with van der Waals surface area (Å²) in [7, 11) is -3.57. The molecule has 3 fully saturated rings. The molecule has 1 aliphatic carbocycles. The van der Waals surface area contributed by atoms with Crippen molar-refractivity contribution >= 4 is 21.8 Å². The lowest BCUT2D eigenvalue weighted by molar-refractivity contribution is -0.147. The standard InChI is InChI=1S/C21H29N3O4S/c25-20-7-4-8-21(26)23(20)13-14-29(27,28)24-12-11-22(18-9-10-18)16-19(24)15-17-5-2-1-3-6-17/h1-3,5-6,18-19H,4,7-16H2. The third-order valence-electron chi connectivity index (χ3n) is 6.15. The van der Waals surface area contributed by atoms with Crippen LogP contribution in [0.4, 0.5) is 0 Å². The molecule has 0 aromatic heterocycles. The van der Waals surface area contributed by atoms with Crippen molar-refractivity contribution in [3.05, 3.63) is 35.9 Å². The van der Waals surface area contributed by atoms with Gasteiger partial charge in [0.05, 0.1) is 5.75 Å². The highest BCUT2D eigenvalue weighted by molar-refractivity contribution is 7.89. The van der Waals surface area contributed by atoms with E-state index < -0.39 is 10.0 Å². The molecule has 3 aliphatic rings. The number of rotatable bonds is 7. The summed E-state index contributed by atoms with van der Waals surface area (Å²) in [5.41, 5.74) is 1.12. The van der Waals surface area contributed by atoms with E-state index in [1.807, 2.05) is 30.3 Å². The second-order valence-corrected chi connectivity index (χ2v) is 10.3. The van der Waals surface area contributed by atoms with Crippen molar-refractivity contribution in [2.24, 2.45) is 0 Å². The maximum Gasteiger partial charge on any atom is 0.229 e. The highest BCUT2D eigenvalue weighted by Crippen LogP contribution is 2.30. The lowest BCUT2D eigenvalue weighted by Gasteiger charge is -2.41. The summed E-state index contributed by atoms with van der Waals surface area (Å²) in [5.74, 6) is -0.703. The van der Waals surface area contributed by atoms with E-state index in [4.69, 9.17) is 0 Å². The molecule has 1 aromatic carbocycles. The largest absolute Gasteiger partial charge is 0.297 e. The monoisotopic (exact) mass is 419 g/mol. The van der Waals surface area contributed by atoms with Gasteiger partial charge in [-0.15, -0.1) is 0 Å². The highest BCUT2D eigenvalue weighted by Gasteiger charge is 2.40. The summed E-state index contributed by atoms with van der Waals surface area (Å²) in [4.78, 5) is 27.6. The van der Waals surface area contributed by atoms with Gasteiger partial charge >= 0.3 is 0 Å². The van der Waals surface area contributed by atoms with Crippen molar-refractivity contribution in [3.63, 3.8) is 0 Å². The van der Waals surface area contributed by atoms with Crippen molar-refractivity contribution < 1.29 is 18.0 Å². The number of carbonyl (C=O) groups excluding carboxylic acids is 2. The van der Waals surface area contributed by atoms with E-state index in [2.05, 4.69) is 4.90 Å². The first-order valence-electron chi connectivity index (χ1n) is 10.5. The van der Waals surface area contributed by atoms with E-state index in [0.29, 0.717) is 38.3 Å². The predicted octanol–water partition coefficient (Wildman–Crippen LogP) is 1.25. The van der Waals surface area contributed by atoms with Crippen LogP contribution < -0.4 is 0 Å². The van der Waals surface area contributed by atoms with Gasteiger partial charge in [-0.3, -0.25) is 19.4 Å². The van der Waals surface area contributed by atoms with Gasteiger partial charge in [-0.05, 0) is 31.2 Å². The fourth-order valence-corrected chi connectivity index (χ4v) is 6.03. The van der Waals surface area contributed by atoms with Gasteiger partial charge in [0.25, 0.3) is 0 Å². The Hall–Kier alpha value is -1.77. The van der Waals surface area contributed by atoms with Gasteiger partial charge in [-0.2, -0.15) is 4.31 Å². The molecule has 2 amide bonds. The lowest BCUT2D eigenvalue weighted by Crippen LogP contribution is -2.57. The Balaban J connectivity index is 1.46. The number of benzene rings is 1. The van der Waals surface area contributed by atoms with Crippen LogP contribution in [0, 0.1) is 0 Å². The number of likely N-dealkylation sites (tertiary alicyclic amines) is 1. The van der Waals surface area contributed by atoms with Crippen LogP contribution in [-0.2, 0) is 26.0 Å². The van der Waals surface area contributed by atoms with Crippen LogP contribution in [0.1, 0.15) is 37.7 Å². The number of piperazine rings is 1. The van der Waals surface area contributed by atoms with E-state index in [-0.39, 0.29) is 30.2 Å². The normalized spacial score (nSPS) is 24.8. The van der Waals surface area contributed by atoms with Gasteiger partial charge < -0.3 is 0 Å². The number of nitrogens with zero attached hydrogens (tertiary/aromatic N) is 3. The first-order chi connectivity index (χ1) is 13.9. The molecule has 29 heavy (non-hydrogen) atoms. The van der Waals surface area contributed by atoms with Crippen molar-refractivity contribution in [2.45, 2.75) is 50.6 Å². The number of carbonyl (C=O) groups is 2. The minimum atomic E-state index is -3.57. The molecular formula is C21H29N3O4S. The molecule has 0 spiro atoms. The summed E-state index contributed by atoms with van der Waals surface area (Å²) in [6.45, 7) is 1.91. The number of sulfonamides is 1. The topological polar surface area (TPSA) is 78.0 Å². The van der Waals surface area contributed by atoms with E-state index >= 15 is 0 Å². The Morgan fingerprint density at radius 3 is 2.31 bits per heavy atom. The summed E-state index contributed by atoms with van der Waals surface area (Å²) in [6.07, 6.45) is 4.27. The Morgan fingerprint density at radius 2 is 1.66 bits per heavy atom. The van der Waals surface area contributed by atoms with Crippen LogP contribution in [0.15, 0.2) is 30.3 Å². The Labute approximate surface area is 172 Å². The maximum atomic E-state index is 13.2. The van der Waals surface area contributed by atoms with Gasteiger partial charge in [-0.1, -0.05) is 30.3 Å². The Morgan fingerprint density at radius 1 is 0.966 bits per heavy atom. The van der Waals surface area contributed by atoms with E-state index in [0.717, 1.165) is 23.6 Å². The molecule has 7 nitrogen and oxygen atoms in total. The predicted molar refractivity (Wildman–Crippen MR) is 110 cm³/mol. The average molecular weight is 420 g/mol. The van der Waals surface area contributed by atoms with Crippen LogP contribution in [0.2, 0.25) is 0 Å². The molecule has 2 heterocycles. The molecule has 8 heteroatoms. The van der Waals surface area contributed by atoms with E-state index in [1.165, 1.54) is 12.8 Å². The average Bonchev–Trinajstić information content (AvgIpc) is 3.53. The van der Waals surface area contributed by atoms with Crippen molar-refractivity contribution in [1.29, 1.82) is 0 Å². The van der Waals surface area contributed by atoms with Crippen LogP contribution in [-0.4, -0.2) is 78.4 Å². The number of hydrogen-bond donors (Lipinski definition) is 0. The van der Waals surface area contributed by atoms with Crippen molar-refractivity contribution in [1.82, 2.24) is 14.1 Å². The van der Waals surface area contributed by atoms with Crippen LogP contribution >= 0.6 is 0 Å². The zero-order valence-corrected chi connectivity index (χ0v) is 17.5. The minimum Gasteiger partial charge on any atom is -0.297 e. The molecule has 0 N–H and O–H groups in total. The second-order valence-electron chi connectivity index (χ2n) is 8.29. The fourth-order valence-electron chi connectivity index (χ4n) is 4.43. The quantitative estimate of drug-likeness (QED) is 0.622. The van der Waals surface area contributed by atoms with E-state index in [9.17, 15) is 18.0 Å². The third-order valence-corrected chi connectivity index (χ3v) is 8.04. The smallest absolute Gasteiger partial charge is 0.229 e. The first-order valence-corrected chi connectivity index (χ1v) is 12.2. The van der Waals surface area contributed by atoms with Crippen LogP contribution in [0.5, 0.6) is 0 Å². The van der Waals surface area contributed by atoms with Gasteiger partial charge in [0.15, 0.2) is 0 Å². The maximum absolute atomic E-state index is 13.2. The molecule has 158 valence electrons. The number of imide groups is 1. The van der Waals surface area contributed by atoms with Crippen LogP contribution in [0.25, 0.3) is 0 Å². The summed E-state index contributed by atoms with van der Waals surface area (Å²) in [6, 6.07) is 10.5. The van der Waals surface area contributed by atoms with Gasteiger partial charge in [0.1, 0.15) is 0 Å². The van der Waals surface area contributed by atoms with Gasteiger partial charge in [0, 0.05) is 51.1 Å². The molecule has 4 rings (SSSR count). The molecule has 0 bridgehead atoms. The van der Waals surface area contributed by atoms with E-state index in [1.54, 1.807) is 4.31 Å². The fraction of sp³-hybridized carbons (Fsp3) is 0.619. The molecule has 1 unspecified atom stereocenters.